The lowest BCUT2D eigenvalue weighted by Crippen LogP contribution is -2.41. The number of nitrogen functional groups attached to an aromatic ring is 1. The first-order valence-electron chi connectivity index (χ1n) is 9.21. The summed E-state index contributed by atoms with van der Waals surface area (Å²) in [6, 6.07) is 17.2. The van der Waals surface area contributed by atoms with Crippen molar-refractivity contribution in [1.29, 1.82) is 0 Å². The molecule has 4 N–H and O–H groups in total. The third kappa shape index (κ3) is 4.38. The average molecular weight is 410 g/mol. The van der Waals surface area contributed by atoms with E-state index in [0.29, 0.717) is 5.11 Å². The Kier molecular flexibility index (Phi) is 6.13. The number of hydrogen-bond acceptors (Lipinski definition) is 4. The van der Waals surface area contributed by atoms with E-state index < -0.39 is 11.2 Å². The SMILES string of the molecule is CCc1ccccc1NC(=S)N(C)c1c(N)n(Cc2ccccc2)c(=O)[nH]c1=O. The van der Waals surface area contributed by atoms with Gasteiger partial charge >= 0.3 is 5.69 Å². The van der Waals surface area contributed by atoms with Gasteiger partial charge in [0, 0.05) is 12.7 Å². The fourth-order valence-electron chi connectivity index (χ4n) is 3.08. The molecule has 150 valence electrons. The fraction of sp³-hybridized carbons (Fsp3) is 0.190. The molecule has 3 rings (SSSR count). The smallest absolute Gasteiger partial charge is 0.330 e. The molecule has 0 spiro atoms. The number of hydrogen-bond donors (Lipinski definition) is 3. The summed E-state index contributed by atoms with van der Waals surface area (Å²) >= 11 is 5.49. The zero-order valence-electron chi connectivity index (χ0n) is 16.3. The van der Waals surface area contributed by atoms with Crippen LogP contribution in [-0.4, -0.2) is 21.7 Å². The first-order valence-corrected chi connectivity index (χ1v) is 9.62. The van der Waals surface area contributed by atoms with Gasteiger partial charge in [0.15, 0.2) is 10.8 Å². The van der Waals surface area contributed by atoms with Crippen LogP contribution >= 0.6 is 12.2 Å². The van der Waals surface area contributed by atoms with Gasteiger partial charge < -0.3 is 16.0 Å². The molecule has 2 aromatic carbocycles. The lowest BCUT2D eigenvalue weighted by atomic mass is 10.1. The number of nitrogens with one attached hydrogen (secondary N) is 2. The Bertz CT molecular complexity index is 1140. The Morgan fingerprint density at radius 3 is 2.48 bits per heavy atom. The minimum absolute atomic E-state index is 0.0537. The van der Waals surface area contributed by atoms with Gasteiger partial charge in [0.1, 0.15) is 5.82 Å². The molecule has 1 aromatic heterocycles. The lowest BCUT2D eigenvalue weighted by Gasteiger charge is -2.24. The van der Waals surface area contributed by atoms with Crippen LogP contribution in [0.5, 0.6) is 0 Å². The van der Waals surface area contributed by atoms with E-state index in [4.69, 9.17) is 18.0 Å². The highest BCUT2D eigenvalue weighted by atomic mass is 32.1. The average Bonchev–Trinajstić information content (AvgIpc) is 2.72. The van der Waals surface area contributed by atoms with Crippen LogP contribution in [0.2, 0.25) is 0 Å². The second-order valence-electron chi connectivity index (χ2n) is 6.56. The van der Waals surface area contributed by atoms with Gasteiger partial charge in [-0.25, -0.2) is 4.79 Å². The Balaban J connectivity index is 1.95. The lowest BCUT2D eigenvalue weighted by molar-refractivity contribution is 0.732. The number of aromatic nitrogens is 2. The van der Waals surface area contributed by atoms with Crippen LogP contribution in [0.25, 0.3) is 0 Å². The molecule has 0 radical (unpaired) electrons. The fourth-order valence-corrected chi connectivity index (χ4v) is 3.28. The summed E-state index contributed by atoms with van der Waals surface area (Å²) in [6.45, 7) is 2.29. The van der Waals surface area contributed by atoms with Gasteiger partial charge in [-0.05, 0) is 35.8 Å². The third-order valence-corrected chi connectivity index (χ3v) is 5.05. The summed E-state index contributed by atoms with van der Waals surface area (Å²) in [5.41, 5.74) is 8.04. The van der Waals surface area contributed by atoms with Gasteiger partial charge in [-0.15, -0.1) is 0 Å². The van der Waals surface area contributed by atoms with Gasteiger partial charge in [0.25, 0.3) is 5.56 Å². The summed E-state index contributed by atoms with van der Waals surface area (Å²) in [5, 5.41) is 3.46. The summed E-state index contributed by atoms with van der Waals surface area (Å²) in [7, 11) is 1.64. The van der Waals surface area contributed by atoms with E-state index in [2.05, 4.69) is 17.2 Å². The minimum atomic E-state index is -0.591. The van der Waals surface area contributed by atoms with E-state index in [9.17, 15) is 9.59 Å². The van der Waals surface area contributed by atoms with Crippen molar-refractivity contribution in [3.05, 3.63) is 86.6 Å². The molecule has 0 unspecified atom stereocenters. The largest absolute Gasteiger partial charge is 0.383 e. The van der Waals surface area contributed by atoms with Crippen molar-refractivity contribution in [1.82, 2.24) is 9.55 Å². The molecule has 1 heterocycles. The van der Waals surface area contributed by atoms with Crippen LogP contribution in [0, 0.1) is 0 Å². The molecule has 3 aromatic rings. The van der Waals surface area contributed by atoms with E-state index in [-0.39, 0.29) is 18.1 Å². The van der Waals surface area contributed by atoms with Gasteiger partial charge in [-0.3, -0.25) is 14.3 Å². The highest BCUT2D eigenvalue weighted by Crippen LogP contribution is 2.20. The van der Waals surface area contributed by atoms with Crippen LogP contribution < -0.4 is 27.2 Å². The standard InChI is InChI=1S/C21H23N5O2S/c1-3-15-11-7-8-12-16(15)23-21(29)25(2)17-18(22)26(20(28)24-19(17)27)13-14-9-5-4-6-10-14/h4-12H,3,13,22H2,1-2H3,(H,23,29)(H,24,27,28). The summed E-state index contributed by atoms with van der Waals surface area (Å²) in [6.07, 6.45) is 0.834. The van der Waals surface area contributed by atoms with Crippen LogP contribution in [0.4, 0.5) is 17.2 Å². The summed E-state index contributed by atoms with van der Waals surface area (Å²) < 4.78 is 1.32. The number of aromatic amines is 1. The molecule has 0 aliphatic rings. The zero-order valence-corrected chi connectivity index (χ0v) is 17.1. The minimum Gasteiger partial charge on any atom is -0.383 e. The number of para-hydroxylation sites is 1. The molecular weight excluding hydrogens is 386 g/mol. The highest BCUT2D eigenvalue weighted by Gasteiger charge is 2.19. The quantitative estimate of drug-likeness (QED) is 0.561. The van der Waals surface area contributed by atoms with Crippen LogP contribution in [0.15, 0.2) is 64.2 Å². The monoisotopic (exact) mass is 409 g/mol. The van der Waals surface area contributed by atoms with E-state index in [1.54, 1.807) is 7.05 Å². The zero-order chi connectivity index (χ0) is 21.0. The van der Waals surface area contributed by atoms with Gasteiger partial charge in [0.05, 0.1) is 6.54 Å². The van der Waals surface area contributed by atoms with Crippen LogP contribution in [0.3, 0.4) is 0 Å². The van der Waals surface area contributed by atoms with Gasteiger partial charge in [-0.1, -0.05) is 55.5 Å². The van der Waals surface area contributed by atoms with Crippen molar-refractivity contribution in [2.75, 3.05) is 23.0 Å². The van der Waals surface area contributed by atoms with Crippen LogP contribution in [-0.2, 0) is 13.0 Å². The molecule has 0 bridgehead atoms. The predicted octanol–water partition coefficient (Wildman–Crippen LogP) is 2.56. The summed E-state index contributed by atoms with van der Waals surface area (Å²) in [4.78, 5) is 28.7. The van der Waals surface area contributed by atoms with Gasteiger partial charge in [-0.2, -0.15) is 0 Å². The molecule has 0 saturated heterocycles. The maximum Gasteiger partial charge on any atom is 0.330 e. The number of thiocarbonyl (C=S) groups is 1. The number of nitrogens with two attached hydrogens (primary N) is 1. The number of aryl methyl sites for hydroxylation is 1. The van der Waals surface area contributed by atoms with Crippen molar-refractivity contribution >= 4 is 34.5 Å². The maximum atomic E-state index is 12.5. The first-order chi connectivity index (χ1) is 13.9. The van der Waals surface area contributed by atoms with Crippen molar-refractivity contribution in [3.63, 3.8) is 0 Å². The van der Waals surface area contributed by atoms with Gasteiger partial charge in [0.2, 0.25) is 0 Å². The number of benzene rings is 2. The Morgan fingerprint density at radius 1 is 1.14 bits per heavy atom. The second-order valence-corrected chi connectivity index (χ2v) is 6.95. The van der Waals surface area contributed by atoms with E-state index in [1.807, 2.05) is 54.6 Å². The molecule has 0 atom stereocenters. The topological polar surface area (TPSA) is 96.2 Å². The number of nitrogens with zero attached hydrogens (tertiary/aromatic N) is 2. The number of anilines is 3. The first kappa shape index (κ1) is 20.3. The number of rotatable bonds is 5. The Labute approximate surface area is 173 Å². The van der Waals surface area contributed by atoms with E-state index >= 15 is 0 Å². The molecule has 0 aliphatic carbocycles. The molecule has 0 aliphatic heterocycles. The normalized spacial score (nSPS) is 10.6. The van der Waals surface area contributed by atoms with Crippen molar-refractivity contribution in [3.8, 4) is 0 Å². The second kappa shape index (κ2) is 8.74. The predicted molar refractivity (Wildman–Crippen MR) is 122 cm³/mol. The molecular formula is C21H23N5O2S. The van der Waals surface area contributed by atoms with Crippen molar-refractivity contribution in [2.45, 2.75) is 19.9 Å². The number of H-pyrrole nitrogens is 1. The molecule has 7 nitrogen and oxygen atoms in total. The molecule has 29 heavy (non-hydrogen) atoms. The van der Waals surface area contributed by atoms with Crippen molar-refractivity contribution in [2.24, 2.45) is 0 Å². The Morgan fingerprint density at radius 2 is 1.79 bits per heavy atom. The molecule has 8 heteroatoms. The third-order valence-electron chi connectivity index (χ3n) is 4.68. The van der Waals surface area contributed by atoms with Crippen LogP contribution in [0.1, 0.15) is 18.1 Å². The molecule has 0 fully saturated rings. The van der Waals surface area contributed by atoms with E-state index in [1.165, 1.54) is 9.47 Å². The molecule has 0 amide bonds. The Hall–Kier alpha value is -3.39. The van der Waals surface area contributed by atoms with E-state index in [0.717, 1.165) is 23.2 Å². The summed E-state index contributed by atoms with van der Waals surface area (Å²) in [5.74, 6) is 0.0537. The van der Waals surface area contributed by atoms with Crippen molar-refractivity contribution < 1.29 is 0 Å². The molecule has 0 saturated carbocycles. The maximum absolute atomic E-state index is 12.5. The highest BCUT2D eigenvalue weighted by molar-refractivity contribution is 7.80.